The van der Waals surface area contributed by atoms with Gasteiger partial charge in [0, 0.05) is 62.5 Å². The zero-order valence-electron chi connectivity index (χ0n) is 23.3. The fourth-order valence-corrected chi connectivity index (χ4v) is 5.52. The van der Waals surface area contributed by atoms with Crippen molar-refractivity contribution in [1.29, 1.82) is 0 Å². The lowest BCUT2D eigenvalue weighted by Crippen LogP contribution is -2.37. The molecule has 7 rings (SSSR count). The summed E-state index contributed by atoms with van der Waals surface area (Å²) in [6, 6.07) is 12.7. The largest absolute Gasteiger partial charge is 0.477 e. The van der Waals surface area contributed by atoms with Gasteiger partial charge in [0.05, 0.1) is 37.6 Å². The third-order valence-corrected chi connectivity index (χ3v) is 7.84. The molecule has 11 heteroatoms. The Hall–Kier alpha value is -4.35. The van der Waals surface area contributed by atoms with Crippen molar-refractivity contribution < 1.29 is 9.47 Å². The van der Waals surface area contributed by atoms with Crippen molar-refractivity contribution in [1.82, 2.24) is 39.4 Å². The molecule has 0 saturated carbocycles. The number of fused-ring (bicyclic) bond motifs is 5. The van der Waals surface area contributed by atoms with E-state index in [0.29, 0.717) is 29.9 Å². The van der Waals surface area contributed by atoms with E-state index in [2.05, 4.69) is 62.2 Å². The van der Waals surface area contributed by atoms with Crippen LogP contribution in [0.3, 0.4) is 0 Å². The molecule has 210 valence electrons. The van der Waals surface area contributed by atoms with Crippen molar-refractivity contribution in [3.63, 3.8) is 0 Å². The molecule has 4 bridgehead atoms. The second-order valence-corrected chi connectivity index (χ2v) is 10.6. The smallest absolute Gasteiger partial charge is 0.222 e. The van der Waals surface area contributed by atoms with Crippen LogP contribution >= 0.6 is 0 Å². The molecule has 4 aromatic heterocycles. The summed E-state index contributed by atoms with van der Waals surface area (Å²) < 4.78 is 15.6. The van der Waals surface area contributed by atoms with E-state index in [0.717, 1.165) is 73.4 Å². The summed E-state index contributed by atoms with van der Waals surface area (Å²) in [5.41, 5.74) is 5.09. The molecular formula is C30H33N9O2. The van der Waals surface area contributed by atoms with E-state index >= 15 is 0 Å². The summed E-state index contributed by atoms with van der Waals surface area (Å²) in [5, 5.41) is 13.9. The predicted molar refractivity (Wildman–Crippen MR) is 156 cm³/mol. The van der Waals surface area contributed by atoms with E-state index in [9.17, 15) is 0 Å². The first-order valence-electron chi connectivity index (χ1n) is 14.2. The van der Waals surface area contributed by atoms with Gasteiger partial charge in [-0.1, -0.05) is 18.2 Å². The van der Waals surface area contributed by atoms with Gasteiger partial charge in [0.15, 0.2) is 5.82 Å². The van der Waals surface area contributed by atoms with Crippen molar-refractivity contribution >= 4 is 22.5 Å². The Labute approximate surface area is 238 Å². The molecule has 0 aliphatic carbocycles. The third kappa shape index (κ3) is 5.14. The van der Waals surface area contributed by atoms with E-state index in [-0.39, 0.29) is 6.04 Å². The highest BCUT2D eigenvalue weighted by atomic mass is 16.5. The molecule has 11 nitrogen and oxygen atoms in total. The predicted octanol–water partition coefficient (Wildman–Crippen LogP) is 4.25. The van der Waals surface area contributed by atoms with Gasteiger partial charge < -0.3 is 14.8 Å². The van der Waals surface area contributed by atoms with Crippen LogP contribution in [0, 0.1) is 0 Å². The Kier molecular flexibility index (Phi) is 6.81. The van der Waals surface area contributed by atoms with Gasteiger partial charge in [-0.2, -0.15) is 10.2 Å². The first-order valence-corrected chi connectivity index (χ1v) is 14.2. The van der Waals surface area contributed by atoms with Crippen LogP contribution < -0.4 is 10.1 Å². The highest BCUT2D eigenvalue weighted by Gasteiger charge is 2.21. The maximum atomic E-state index is 6.24. The fourth-order valence-electron chi connectivity index (χ4n) is 5.52. The molecule has 2 aliphatic rings. The Morgan fingerprint density at radius 2 is 1.93 bits per heavy atom. The summed E-state index contributed by atoms with van der Waals surface area (Å²) in [6.07, 6.45) is 7.12. The highest BCUT2D eigenvalue weighted by Crippen LogP contribution is 2.34. The SMILES string of the molecule is C[C@H]1CCOc2c(cnn2C)-c2nccc(n2)Nc2cc3c(cn2)c(-c2cccc(CCN4CCOCC4)c2)nn31. The monoisotopic (exact) mass is 551 g/mol. The second-order valence-electron chi connectivity index (χ2n) is 10.6. The zero-order valence-corrected chi connectivity index (χ0v) is 23.3. The van der Waals surface area contributed by atoms with Gasteiger partial charge in [-0.25, -0.2) is 19.6 Å². The molecule has 0 radical (unpaired) electrons. The maximum absolute atomic E-state index is 6.24. The molecule has 0 amide bonds. The lowest BCUT2D eigenvalue weighted by molar-refractivity contribution is 0.0384. The minimum Gasteiger partial charge on any atom is -0.477 e. The average molecular weight is 552 g/mol. The van der Waals surface area contributed by atoms with E-state index < -0.39 is 0 Å². The average Bonchev–Trinajstić information content (AvgIpc) is 3.57. The molecule has 0 unspecified atom stereocenters. The number of aryl methyl sites for hydroxylation is 1. The summed E-state index contributed by atoms with van der Waals surface area (Å²) in [6.45, 7) is 7.33. The van der Waals surface area contributed by atoms with Crippen molar-refractivity contribution in [3.8, 4) is 28.5 Å². The first kappa shape index (κ1) is 25.6. The normalized spacial score (nSPS) is 17.6. The van der Waals surface area contributed by atoms with Gasteiger partial charge in [0.2, 0.25) is 5.88 Å². The molecule has 6 heterocycles. The number of rotatable bonds is 4. The molecule has 1 aromatic carbocycles. The minimum absolute atomic E-state index is 0.0831. The van der Waals surface area contributed by atoms with Crippen LogP contribution in [0.4, 0.5) is 11.6 Å². The number of anilines is 2. The topological polar surface area (TPSA) is 108 Å². The molecule has 1 N–H and O–H groups in total. The van der Waals surface area contributed by atoms with Gasteiger partial charge in [-0.05, 0) is 31.0 Å². The number of aromatic nitrogens is 7. The summed E-state index contributed by atoms with van der Waals surface area (Å²) >= 11 is 0. The number of nitrogens with zero attached hydrogens (tertiary/aromatic N) is 8. The quantitative estimate of drug-likeness (QED) is 0.351. The van der Waals surface area contributed by atoms with E-state index in [4.69, 9.17) is 24.5 Å². The maximum Gasteiger partial charge on any atom is 0.222 e. The lowest BCUT2D eigenvalue weighted by Gasteiger charge is -2.26. The van der Waals surface area contributed by atoms with Gasteiger partial charge in [-0.15, -0.1) is 0 Å². The standard InChI is InChI=1S/C30H33N9O2/c1-20-8-13-41-30-24(19-33-37(30)2)29-31-9-6-26(35-29)34-27-17-25-23(18-32-27)28(36-39(20)25)22-5-3-4-21(16-22)7-10-38-11-14-40-15-12-38/h3-6,9,16-20H,7-8,10-15H2,1-2H3,(H,31,32,34,35)/t20-/m0/s1. The Morgan fingerprint density at radius 1 is 1.02 bits per heavy atom. The number of hydrogen-bond acceptors (Lipinski definition) is 9. The van der Waals surface area contributed by atoms with Crippen LogP contribution in [0.2, 0.25) is 0 Å². The van der Waals surface area contributed by atoms with Crippen LogP contribution in [0.25, 0.3) is 33.5 Å². The second kappa shape index (κ2) is 10.9. The van der Waals surface area contributed by atoms with Gasteiger partial charge in [0.25, 0.3) is 0 Å². The molecule has 1 atom stereocenters. The van der Waals surface area contributed by atoms with E-state index in [1.165, 1.54) is 5.56 Å². The van der Waals surface area contributed by atoms with Crippen molar-refractivity contribution in [2.24, 2.45) is 7.05 Å². The van der Waals surface area contributed by atoms with Crippen molar-refractivity contribution in [2.75, 3.05) is 44.8 Å². The molecular weight excluding hydrogens is 518 g/mol. The first-order chi connectivity index (χ1) is 20.1. The minimum atomic E-state index is 0.0831. The summed E-state index contributed by atoms with van der Waals surface area (Å²) in [5.74, 6) is 2.52. The molecule has 41 heavy (non-hydrogen) atoms. The Bertz CT molecular complexity index is 1690. The van der Waals surface area contributed by atoms with Crippen LogP contribution in [-0.4, -0.2) is 78.9 Å². The zero-order chi connectivity index (χ0) is 27.8. The number of ether oxygens (including phenoxy) is 2. The van der Waals surface area contributed by atoms with Crippen LogP contribution in [0.5, 0.6) is 5.88 Å². The number of morpholine rings is 1. The Balaban J connectivity index is 1.25. The van der Waals surface area contributed by atoms with Crippen molar-refractivity contribution in [3.05, 3.63) is 60.6 Å². The van der Waals surface area contributed by atoms with Gasteiger partial charge in [0.1, 0.15) is 22.9 Å². The van der Waals surface area contributed by atoms with Crippen LogP contribution in [0.15, 0.2) is 55.0 Å². The van der Waals surface area contributed by atoms with E-state index in [1.54, 1.807) is 17.1 Å². The summed E-state index contributed by atoms with van der Waals surface area (Å²) in [7, 11) is 1.86. The fraction of sp³-hybridized carbons (Fsp3) is 0.367. The lowest BCUT2D eigenvalue weighted by atomic mass is 10.0. The Morgan fingerprint density at radius 3 is 2.83 bits per heavy atom. The number of benzene rings is 1. The number of nitrogens with one attached hydrogen (secondary N) is 1. The molecule has 1 fully saturated rings. The molecule has 1 saturated heterocycles. The summed E-state index contributed by atoms with van der Waals surface area (Å²) in [4.78, 5) is 16.4. The van der Waals surface area contributed by atoms with Crippen LogP contribution in [-0.2, 0) is 18.2 Å². The molecule has 2 aliphatic heterocycles. The molecule has 5 aromatic rings. The van der Waals surface area contributed by atoms with Gasteiger partial charge >= 0.3 is 0 Å². The highest BCUT2D eigenvalue weighted by molar-refractivity contribution is 5.94. The van der Waals surface area contributed by atoms with Gasteiger partial charge in [-0.3, -0.25) is 9.58 Å². The number of pyridine rings is 1. The van der Waals surface area contributed by atoms with E-state index in [1.807, 2.05) is 19.3 Å². The molecule has 0 spiro atoms. The third-order valence-electron chi connectivity index (χ3n) is 7.84. The van der Waals surface area contributed by atoms with Crippen LogP contribution in [0.1, 0.15) is 24.9 Å². The number of hydrogen-bond donors (Lipinski definition) is 1. The van der Waals surface area contributed by atoms with Crippen molar-refractivity contribution in [2.45, 2.75) is 25.8 Å².